The van der Waals surface area contributed by atoms with Crippen LogP contribution in [0.3, 0.4) is 0 Å². The topological polar surface area (TPSA) is 42.4 Å². The number of nitrogens with zero attached hydrogens (tertiary/aromatic N) is 2. The van der Waals surface area contributed by atoms with Crippen molar-refractivity contribution in [2.24, 2.45) is 0 Å². The van der Waals surface area contributed by atoms with Crippen LogP contribution in [-0.2, 0) is 24.1 Å². The molecule has 0 bridgehead atoms. The van der Waals surface area contributed by atoms with Gasteiger partial charge in [-0.05, 0) is 65.8 Å². The van der Waals surface area contributed by atoms with Crippen LogP contribution in [0.2, 0.25) is 0 Å². The number of ether oxygens (including phenoxy) is 1. The molecule has 0 aliphatic carbocycles. The number of carbonyl (C=O) groups excluding carboxylic acids is 1. The van der Waals surface area contributed by atoms with Crippen LogP contribution >= 0.6 is 0 Å². The van der Waals surface area contributed by atoms with Crippen molar-refractivity contribution in [3.63, 3.8) is 0 Å². The summed E-state index contributed by atoms with van der Waals surface area (Å²) in [5, 5.41) is 0. The van der Waals surface area contributed by atoms with E-state index in [4.69, 9.17) is 4.74 Å². The molecule has 4 nitrogen and oxygen atoms in total. The Bertz CT molecular complexity index is 1300. The molecule has 1 aliphatic heterocycles. The fourth-order valence-electron chi connectivity index (χ4n) is 4.41. The average molecular weight is 449 g/mol. The highest BCUT2D eigenvalue weighted by molar-refractivity contribution is 6.08. The molecule has 1 aromatic heterocycles. The van der Waals surface area contributed by atoms with Crippen LogP contribution in [0.15, 0.2) is 91.3 Å². The SMILES string of the molecule is CCCOc1cccc(N2C(=O)Cc3ccc(-c4cncc(CCc5ccccc5)c4)cc32)c1. The summed E-state index contributed by atoms with van der Waals surface area (Å²) in [6.45, 7) is 2.74. The van der Waals surface area contributed by atoms with Gasteiger partial charge in [-0.2, -0.15) is 0 Å². The van der Waals surface area contributed by atoms with Crippen LogP contribution in [0.25, 0.3) is 11.1 Å². The highest BCUT2D eigenvalue weighted by atomic mass is 16.5. The van der Waals surface area contributed by atoms with Crippen LogP contribution in [0.5, 0.6) is 5.75 Å². The number of aromatic nitrogens is 1. The molecule has 2 heterocycles. The number of hydrogen-bond acceptors (Lipinski definition) is 3. The van der Waals surface area contributed by atoms with E-state index < -0.39 is 0 Å². The largest absolute Gasteiger partial charge is 0.494 e. The van der Waals surface area contributed by atoms with Gasteiger partial charge in [-0.25, -0.2) is 0 Å². The van der Waals surface area contributed by atoms with Crippen LogP contribution < -0.4 is 9.64 Å². The van der Waals surface area contributed by atoms with Gasteiger partial charge in [-0.3, -0.25) is 14.7 Å². The van der Waals surface area contributed by atoms with Crippen molar-refractivity contribution in [1.29, 1.82) is 0 Å². The molecule has 0 spiro atoms. The lowest BCUT2D eigenvalue weighted by Gasteiger charge is -2.19. The van der Waals surface area contributed by atoms with Crippen molar-refractivity contribution in [2.45, 2.75) is 32.6 Å². The maximum atomic E-state index is 13.0. The molecular formula is C30H28N2O2. The summed E-state index contributed by atoms with van der Waals surface area (Å²) in [5.41, 5.74) is 7.47. The van der Waals surface area contributed by atoms with Gasteiger partial charge in [0.2, 0.25) is 5.91 Å². The van der Waals surface area contributed by atoms with Gasteiger partial charge >= 0.3 is 0 Å². The Kier molecular flexibility index (Phi) is 6.39. The smallest absolute Gasteiger partial charge is 0.236 e. The molecule has 5 rings (SSSR count). The van der Waals surface area contributed by atoms with Crippen LogP contribution in [0.4, 0.5) is 11.4 Å². The molecule has 0 N–H and O–H groups in total. The van der Waals surface area contributed by atoms with E-state index in [1.54, 1.807) is 0 Å². The average Bonchev–Trinajstić information content (AvgIpc) is 3.22. The molecule has 1 aliphatic rings. The number of fused-ring (bicyclic) bond motifs is 1. The minimum atomic E-state index is 0.0783. The molecule has 0 saturated carbocycles. The second-order valence-corrected chi connectivity index (χ2v) is 8.66. The molecule has 0 radical (unpaired) electrons. The number of anilines is 2. The third-order valence-corrected chi connectivity index (χ3v) is 6.14. The zero-order valence-corrected chi connectivity index (χ0v) is 19.4. The quantitative estimate of drug-likeness (QED) is 0.307. The van der Waals surface area contributed by atoms with E-state index in [1.165, 1.54) is 11.1 Å². The molecule has 170 valence electrons. The zero-order valence-electron chi connectivity index (χ0n) is 19.4. The van der Waals surface area contributed by atoms with Gasteiger partial charge in [-0.1, -0.05) is 55.5 Å². The Balaban J connectivity index is 1.41. The van der Waals surface area contributed by atoms with E-state index in [0.717, 1.165) is 53.1 Å². The summed E-state index contributed by atoms with van der Waals surface area (Å²) >= 11 is 0. The number of benzene rings is 3. The number of hydrogen-bond donors (Lipinski definition) is 0. The van der Waals surface area contributed by atoms with Gasteiger partial charge < -0.3 is 4.74 Å². The van der Waals surface area contributed by atoms with Crippen molar-refractivity contribution in [1.82, 2.24) is 4.98 Å². The van der Waals surface area contributed by atoms with Gasteiger partial charge in [0, 0.05) is 24.0 Å². The number of carbonyl (C=O) groups is 1. The van der Waals surface area contributed by atoms with Gasteiger partial charge in [0.05, 0.1) is 24.4 Å². The van der Waals surface area contributed by atoms with Gasteiger partial charge in [0.1, 0.15) is 5.75 Å². The van der Waals surface area contributed by atoms with Crippen LogP contribution in [0, 0.1) is 0 Å². The van der Waals surface area contributed by atoms with Crippen molar-refractivity contribution in [3.05, 3.63) is 108 Å². The summed E-state index contributed by atoms with van der Waals surface area (Å²) in [6, 6.07) is 26.8. The minimum Gasteiger partial charge on any atom is -0.494 e. The van der Waals surface area contributed by atoms with E-state index in [-0.39, 0.29) is 5.91 Å². The Morgan fingerprint density at radius 3 is 2.56 bits per heavy atom. The van der Waals surface area contributed by atoms with Crippen LogP contribution in [0.1, 0.15) is 30.0 Å². The van der Waals surface area contributed by atoms with Gasteiger partial charge in [0.25, 0.3) is 0 Å². The molecule has 0 atom stereocenters. The first kappa shape index (κ1) is 21.9. The number of pyridine rings is 1. The lowest BCUT2D eigenvalue weighted by molar-refractivity contribution is -0.116. The second-order valence-electron chi connectivity index (χ2n) is 8.66. The van der Waals surface area contributed by atoms with E-state index in [2.05, 4.69) is 60.4 Å². The molecule has 4 heteroatoms. The normalized spacial score (nSPS) is 12.6. The van der Waals surface area contributed by atoms with E-state index in [9.17, 15) is 4.79 Å². The van der Waals surface area contributed by atoms with Gasteiger partial charge in [0.15, 0.2) is 0 Å². The summed E-state index contributed by atoms with van der Waals surface area (Å²) in [5.74, 6) is 0.863. The molecule has 0 unspecified atom stereocenters. The minimum absolute atomic E-state index is 0.0783. The maximum Gasteiger partial charge on any atom is 0.236 e. The molecular weight excluding hydrogens is 420 g/mol. The second kappa shape index (κ2) is 9.92. The molecule has 1 amide bonds. The predicted octanol–water partition coefficient (Wildman–Crippen LogP) is 6.54. The highest BCUT2D eigenvalue weighted by Gasteiger charge is 2.29. The first-order chi connectivity index (χ1) is 16.7. The van der Waals surface area contributed by atoms with E-state index in [0.29, 0.717) is 13.0 Å². The van der Waals surface area contributed by atoms with E-state index in [1.807, 2.05) is 47.6 Å². The fraction of sp³-hybridized carbons (Fsp3) is 0.200. The molecule has 34 heavy (non-hydrogen) atoms. The third-order valence-electron chi connectivity index (χ3n) is 6.14. The van der Waals surface area contributed by atoms with Crippen molar-refractivity contribution in [2.75, 3.05) is 11.5 Å². The van der Waals surface area contributed by atoms with Crippen molar-refractivity contribution < 1.29 is 9.53 Å². The van der Waals surface area contributed by atoms with Gasteiger partial charge in [-0.15, -0.1) is 0 Å². The zero-order chi connectivity index (χ0) is 23.3. The maximum absolute atomic E-state index is 13.0. The standard InChI is InChI=1S/C30H28N2O2/c1-2-15-34-28-10-6-9-27(19-28)32-29-17-24(13-14-25(29)18-30(32)33)26-16-23(20-31-21-26)12-11-22-7-4-3-5-8-22/h3-10,13-14,16-17,19-21H,2,11-12,15,18H2,1H3. The van der Waals surface area contributed by atoms with E-state index >= 15 is 0 Å². The monoisotopic (exact) mass is 448 g/mol. The molecule has 0 fully saturated rings. The predicted molar refractivity (Wildman–Crippen MR) is 137 cm³/mol. The number of rotatable bonds is 8. The highest BCUT2D eigenvalue weighted by Crippen LogP contribution is 2.39. The first-order valence-corrected chi connectivity index (χ1v) is 11.9. The molecule has 3 aromatic carbocycles. The number of aryl methyl sites for hydroxylation is 2. The Labute approximate surface area is 200 Å². The van der Waals surface area contributed by atoms with Crippen LogP contribution in [-0.4, -0.2) is 17.5 Å². The first-order valence-electron chi connectivity index (χ1n) is 11.9. The van der Waals surface area contributed by atoms with Crippen molar-refractivity contribution in [3.8, 4) is 16.9 Å². The number of amides is 1. The summed E-state index contributed by atoms with van der Waals surface area (Å²) in [7, 11) is 0. The Hall–Kier alpha value is -3.92. The van der Waals surface area contributed by atoms with Crippen molar-refractivity contribution >= 4 is 17.3 Å². The summed E-state index contributed by atoms with van der Waals surface area (Å²) in [4.78, 5) is 19.3. The Morgan fingerprint density at radius 2 is 1.71 bits per heavy atom. The third kappa shape index (κ3) is 4.72. The lowest BCUT2D eigenvalue weighted by Crippen LogP contribution is -2.20. The Morgan fingerprint density at radius 1 is 0.853 bits per heavy atom. The lowest BCUT2D eigenvalue weighted by atomic mass is 10.00. The molecule has 4 aromatic rings. The summed E-state index contributed by atoms with van der Waals surface area (Å²) < 4.78 is 5.79. The molecule has 0 saturated heterocycles. The summed E-state index contributed by atoms with van der Waals surface area (Å²) in [6.07, 6.45) is 7.11. The fourth-order valence-corrected chi connectivity index (χ4v) is 4.41.